The summed E-state index contributed by atoms with van der Waals surface area (Å²) in [5.41, 5.74) is 0. The summed E-state index contributed by atoms with van der Waals surface area (Å²) in [7, 11) is 0. The van der Waals surface area contributed by atoms with Crippen LogP contribution in [0.3, 0.4) is 0 Å². The van der Waals surface area contributed by atoms with Crippen molar-refractivity contribution >= 4 is 17.7 Å². The van der Waals surface area contributed by atoms with Crippen molar-refractivity contribution in [3.63, 3.8) is 0 Å². The summed E-state index contributed by atoms with van der Waals surface area (Å²) in [5, 5.41) is 9.07. The van der Waals surface area contributed by atoms with Crippen molar-refractivity contribution in [1.82, 2.24) is 9.80 Å². The van der Waals surface area contributed by atoms with Crippen LogP contribution < -0.4 is 0 Å². The first-order valence-corrected chi connectivity index (χ1v) is 7.10. The molecule has 0 aromatic rings. The summed E-state index contributed by atoms with van der Waals surface area (Å²) in [6.07, 6.45) is 2.24. The average molecular weight is 244 g/mol. The molecule has 2 aliphatic heterocycles. The van der Waals surface area contributed by atoms with Gasteiger partial charge in [-0.3, -0.25) is 9.69 Å². The topological polar surface area (TPSA) is 43.8 Å². The van der Waals surface area contributed by atoms with Gasteiger partial charge in [0.15, 0.2) is 0 Å². The smallest absolute Gasteiger partial charge is 0.235 e. The number of hydrogen-bond acceptors (Lipinski definition) is 4. The molecule has 2 rings (SSSR count). The minimum absolute atomic E-state index is 0.215. The summed E-state index contributed by atoms with van der Waals surface area (Å²) in [4.78, 5) is 16.3. The molecule has 0 aliphatic carbocycles. The summed E-state index contributed by atoms with van der Waals surface area (Å²) in [5.74, 6) is 1.48. The minimum atomic E-state index is 0.215. The van der Waals surface area contributed by atoms with Crippen LogP contribution in [0.5, 0.6) is 0 Å². The Kier molecular flexibility index (Phi) is 4.49. The minimum Gasteiger partial charge on any atom is -0.395 e. The molecule has 1 atom stereocenters. The Labute approximate surface area is 101 Å². The molecule has 2 fully saturated rings. The van der Waals surface area contributed by atoms with Gasteiger partial charge in [0.2, 0.25) is 5.91 Å². The molecule has 1 amide bonds. The average Bonchev–Trinajstić information content (AvgIpc) is 2.83. The summed E-state index contributed by atoms with van der Waals surface area (Å²) in [6, 6.07) is 0. The molecule has 92 valence electrons. The van der Waals surface area contributed by atoms with E-state index in [1.165, 1.54) is 6.42 Å². The number of rotatable bonds is 3. The van der Waals surface area contributed by atoms with Crippen molar-refractivity contribution in [2.24, 2.45) is 0 Å². The van der Waals surface area contributed by atoms with Crippen molar-refractivity contribution in [1.29, 1.82) is 0 Å². The molecular weight excluding hydrogens is 224 g/mol. The van der Waals surface area contributed by atoms with Crippen LogP contribution in [0.15, 0.2) is 0 Å². The summed E-state index contributed by atoms with van der Waals surface area (Å²) < 4.78 is 0. The molecule has 1 unspecified atom stereocenters. The zero-order chi connectivity index (χ0) is 11.4. The van der Waals surface area contributed by atoms with Gasteiger partial charge in [-0.15, -0.1) is 11.8 Å². The molecule has 2 saturated heterocycles. The van der Waals surface area contributed by atoms with Crippen LogP contribution in [0.1, 0.15) is 12.8 Å². The van der Waals surface area contributed by atoms with Gasteiger partial charge in [0.25, 0.3) is 0 Å². The van der Waals surface area contributed by atoms with Gasteiger partial charge in [0, 0.05) is 32.7 Å². The van der Waals surface area contributed by atoms with Gasteiger partial charge >= 0.3 is 0 Å². The van der Waals surface area contributed by atoms with Crippen molar-refractivity contribution < 1.29 is 9.90 Å². The van der Waals surface area contributed by atoms with E-state index >= 15 is 0 Å². The van der Waals surface area contributed by atoms with E-state index in [9.17, 15) is 4.79 Å². The highest BCUT2D eigenvalue weighted by atomic mass is 32.2. The van der Waals surface area contributed by atoms with Crippen molar-refractivity contribution in [2.45, 2.75) is 18.1 Å². The Hall–Kier alpha value is -0.260. The number of hydrogen-bond donors (Lipinski definition) is 1. The fourth-order valence-electron chi connectivity index (χ4n) is 2.31. The van der Waals surface area contributed by atoms with Gasteiger partial charge in [-0.2, -0.15) is 0 Å². The molecule has 2 aliphatic rings. The number of thioether (sulfide) groups is 1. The number of amides is 1. The van der Waals surface area contributed by atoms with Gasteiger partial charge in [-0.05, 0) is 18.6 Å². The van der Waals surface area contributed by atoms with Crippen LogP contribution in [0.2, 0.25) is 0 Å². The molecule has 0 radical (unpaired) electrons. The van der Waals surface area contributed by atoms with E-state index in [-0.39, 0.29) is 11.9 Å². The maximum atomic E-state index is 12.1. The molecule has 5 heteroatoms. The van der Waals surface area contributed by atoms with Crippen molar-refractivity contribution in [3.05, 3.63) is 0 Å². The predicted octanol–water partition coefficient (Wildman–Crippen LogP) is 0.0185. The van der Waals surface area contributed by atoms with Gasteiger partial charge in [0.1, 0.15) is 0 Å². The number of piperazine rings is 1. The number of nitrogens with zero attached hydrogens (tertiary/aromatic N) is 2. The highest BCUT2D eigenvalue weighted by molar-refractivity contribution is 8.00. The van der Waals surface area contributed by atoms with Crippen LogP contribution in [-0.4, -0.2) is 71.1 Å². The number of carbonyl (C=O) groups excluding carboxylic acids is 1. The molecule has 0 aromatic carbocycles. The van der Waals surface area contributed by atoms with E-state index in [1.54, 1.807) is 0 Å². The lowest BCUT2D eigenvalue weighted by Crippen LogP contribution is -2.51. The van der Waals surface area contributed by atoms with Gasteiger partial charge in [0.05, 0.1) is 11.9 Å². The second-order valence-electron chi connectivity index (χ2n) is 4.39. The standard InChI is InChI=1S/C11H20N2O2S/c14-8-7-12-3-5-13(6-4-12)11(15)10-2-1-9-16-10/h10,14H,1-9H2. The Morgan fingerprint density at radius 3 is 2.62 bits per heavy atom. The van der Waals surface area contributed by atoms with Crippen LogP contribution in [0.4, 0.5) is 0 Å². The van der Waals surface area contributed by atoms with Crippen LogP contribution in [0.25, 0.3) is 0 Å². The monoisotopic (exact) mass is 244 g/mol. The Morgan fingerprint density at radius 2 is 2.06 bits per heavy atom. The molecular formula is C11H20N2O2S. The fraction of sp³-hybridized carbons (Fsp3) is 0.909. The van der Waals surface area contributed by atoms with E-state index in [1.807, 2.05) is 16.7 Å². The second kappa shape index (κ2) is 5.89. The maximum absolute atomic E-state index is 12.1. The molecule has 0 bridgehead atoms. The highest BCUT2D eigenvalue weighted by Crippen LogP contribution is 2.27. The Balaban J connectivity index is 1.77. The van der Waals surface area contributed by atoms with Crippen molar-refractivity contribution in [3.8, 4) is 0 Å². The lowest BCUT2D eigenvalue weighted by molar-refractivity contribution is -0.132. The lowest BCUT2D eigenvalue weighted by atomic mass is 10.2. The Bertz CT molecular complexity index is 236. The SMILES string of the molecule is O=C(C1CCCS1)N1CCN(CCO)CC1. The molecule has 0 spiro atoms. The van der Waals surface area contributed by atoms with E-state index < -0.39 is 0 Å². The first-order chi connectivity index (χ1) is 7.81. The second-order valence-corrected chi connectivity index (χ2v) is 5.70. The summed E-state index contributed by atoms with van der Waals surface area (Å²) in [6.45, 7) is 4.42. The highest BCUT2D eigenvalue weighted by Gasteiger charge is 2.29. The van der Waals surface area contributed by atoms with E-state index in [0.29, 0.717) is 5.91 Å². The van der Waals surface area contributed by atoms with Gasteiger partial charge in [-0.1, -0.05) is 0 Å². The largest absolute Gasteiger partial charge is 0.395 e. The fourth-order valence-corrected chi connectivity index (χ4v) is 3.55. The van der Waals surface area contributed by atoms with Crippen molar-refractivity contribution in [2.75, 3.05) is 45.1 Å². The number of carbonyl (C=O) groups is 1. The maximum Gasteiger partial charge on any atom is 0.235 e. The Morgan fingerprint density at radius 1 is 1.31 bits per heavy atom. The zero-order valence-electron chi connectivity index (χ0n) is 9.60. The van der Waals surface area contributed by atoms with Crippen LogP contribution in [0, 0.1) is 0 Å². The molecule has 2 heterocycles. The third-order valence-electron chi connectivity index (χ3n) is 3.31. The van der Waals surface area contributed by atoms with Crippen LogP contribution in [-0.2, 0) is 4.79 Å². The quantitative estimate of drug-likeness (QED) is 0.760. The predicted molar refractivity (Wildman–Crippen MR) is 65.6 cm³/mol. The normalized spacial score (nSPS) is 27.3. The molecule has 1 N–H and O–H groups in total. The number of β-amino-alcohol motifs (C(OH)–C–C–N with tert-alkyl or cyclic N) is 1. The van der Waals surface area contributed by atoms with Crippen LogP contribution >= 0.6 is 11.8 Å². The first-order valence-electron chi connectivity index (χ1n) is 6.05. The lowest BCUT2D eigenvalue weighted by Gasteiger charge is -2.35. The molecule has 0 aromatic heterocycles. The summed E-state index contributed by atoms with van der Waals surface area (Å²) >= 11 is 1.81. The zero-order valence-corrected chi connectivity index (χ0v) is 10.4. The van der Waals surface area contributed by atoms with E-state index in [4.69, 9.17) is 5.11 Å². The number of aliphatic hydroxyl groups is 1. The molecule has 0 saturated carbocycles. The third kappa shape index (κ3) is 2.90. The number of aliphatic hydroxyl groups excluding tert-OH is 1. The molecule has 4 nitrogen and oxygen atoms in total. The molecule has 16 heavy (non-hydrogen) atoms. The van der Waals surface area contributed by atoms with Gasteiger partial charge in [-0.25, -0.2) is 0 Å². The third-order valence-corrected chi connectivity index (χ3v) is 4.67. The van der Waals surface area contributed by atoms with E-state index in [0.717, 1.165) is 44.9 Å². The van der Waals surface area contributed by atoms with Gasteiger partial charge < -0.3 is 10.0 Å². The van der Waals surface area contributed by atoms with E-state index in [2.05, 4.69) is 4.90 Å². The first kappa shape index (κ1) is 12.2.